The fraction of sp³-hybridized carbons (Fsp3) is 0.364. The molecule has 2 aromatic carbocycles. The Morgan fingerprint density at radius 1 is 1.08 bits per heavy atom. The molecule has 4 rings (SSSR count). The highest BCUT2D eigenvalue weighted by atomic mass is 16.5. The molecule has 4 heteroatoms. The van der Waals surface area contributed by atoms with Crippen LogP contribution >= 0.6 is 0 Å². The molecular formula is C22H24N2O2. The predicted molar refractivity (Wildman–Crippen MR) is 104 cm³/mol. The van der Waals surface area contributed by atoms with Gasteiger partial charge in [0, 0.05) is 0 Å². The normalized spacial score (nSPS) is 20.3. The summed E-state index contributed by atoms with van der Waals surface area (Å²) in [7, 11) is 0. The summed E-state index contributed by atoms with van der Waals surface area (Å²) < 4.78 is 6.05. The Hall–Kier alpha value is -2.46. The van der Waals surface area contributed by atoms with Crippen LogP contribution in [0.1, 0.15) is 38.4 Å². The number of fused-ring (bicyclic) bond motifs is 1. The minimum absolute atomic E-state index is 0.108. The second-order valence-electron chi connectivity index (χ2n) is 7.22. The molecule has 1 heterocycles. The molecule has 1 N–H and O–H groups in total. The molecule has 0 spiro atoms. The third-order valence-corrected chi connectivity index (χ3v) is 5.33. The van der Waals surface area contributed by atoms with Crippen LogP contribution in [-0.4, -0.2) is 16.1 Å². The average molecular weight is 348 g/mol. The minimum Gasteiger partial charge on any atom is -0.370 e. The second kappa shape index (κ2) is 7.42. The van der Waals surface area contributed by atoms with E-state index >= 15 is 0 Å². The van der Waals surface area contributed by atoms with E-state index in [2.05, 4.69) is 16.9 Å². The van der Waals surface area contributed by atoms with E-state index in [1.807, 2.05) is 48.5 Å². The average Bonchev–Trinajstić information content (AvgIpc) is 2.68. The van der Waals surface area contributed by atoms with Crippen molar-refractivity contribution in [3.05, 3.63) is 64.7 Å². The Labute approximate surface area is 153 Å². The Morgan fingerprint density at radius 2 is 1.88 bits per heavy atom. The molecule has 0 bridgehead atoms. The van der Waals surface area contributed by atoms with Gasteiger partial charge in [-0.2, -0.15) is 0 Å². The van der Waals surface area contributed by atoms with Crippen molar-refractivity contribution >= 4 is 10.9 Å². The first-order valence-electron chi connectivity index (χ1n) is 9.41. The van der Waals surface area contributed by atoms with Crippen LogP contribution < -0.4 is 5.56 Å². The van der Waals surface area contributed by atoms with E-state index in [0.717, 1.165) is 17.5 Å². The molecular weight excluding hydrogens is 324 g/mol. The number of ether oxygens (including phenoxy) is 1. The fourth-order valence-electron chi connectivity index (χ4n) is 3.78. The topological polar surface area (TPSA) is 55.0 Å². The molecule has 0 saturated heterocycles. The van der Waals surface area contributed by atoms with Gasteiger partial charge in [-0.05, 0) is 42.0 Å². The maximum atomic E-state index is 12.5. The minimum atomic E-state index is -0.108. The van der Waals surface area contributed by atoms with Gasteiger partial charge in [0.05, 0.1) is 17.0 Å². The van der Waals surface area contributed by atoms with E-state index in [0.29, 0.717) is 29.3 Å². The molecule has 1 saturated carbocycles. The van der Waals surface area contributed by atoms with Gasteiger partial charge in [-0.25, -0.2) is 4.98 Å². The number of hydrogen-bond donors (Lipinski definition) is 1. The molecule has 0 aliphatic heterocycles. The molecule has 4 nitrogen and oxygen atoms in total. The number of aromatic amines is 1. The molecule has 2 atom stereocenters. The van der Waals surface area contributed by atoms with E-state index in [1.165, 1.54) is 19.3 Å². The van der Waals surface area contributed by atoms with Crippen LogP contribution in [-0.2, 0) is 11.3 Å². The van der Waals surface area contributed by atoms with Crippen molar-refractivity contribution in [3.8, 4) is 11.1 Å². The molecule has 134 valence electrons. The van der Waals surface area contributed by atoms with Crippen molar-refractivity contribution in [3.63, 3.8) is 0 Å². The predicted octanol–water partition coefficient (Wildman–Crippen LogP) is 4.69. The summed E-state index contributed by atoms with van der Waals surface area (Å²) in [4.78, 5) is 20.0. The van der Waals surface area contributed by atoms with Gasteiger partial charge in [-0.1, -0.05) is 56.2 Å². The maximum absolute atomic E-state index is 12.5. The zero-order valence-electron chi connectivity index (χ0n) is 15.1. The molecule has 26 heavy (non-hydrogen) atoms. The Kier molecular flexibility index (Phi) is 4.85. The van der Waals surface area contributed by atoms with Gasteiger partial charge in [-0.3, -0.25) is 4.79 Å². The van der Waals surface area contributed by atoms with E-state index in [4.69, 9.17) is 4.74 Å². The number of hydrogen-bond acceptors (Lipinski definition) is 3. The lowest BCUT2D eigenvalue weighted by Crippen LogP contribution is -2.26. The molecule has 3 aromatic rings. The van der Waals surface area contributed by atoms with Gasteiger partial charge in [0.15, 0.2) is 0 Å². The summed E-state index contributed by atoms with van der Waals surface area (Å²) in [5.41, 5.74) is 2.71. The summed E-state index contributed by atoms with van der Waals surface area (Å²) >= 11 is 0. The van der Waals surface area contributed by atoms with Crippen LogP contribution in [0.2, 0.25) is 0 Å². The first kappa shape index (κ1) is 17.0. The van der Waals surface area contributed by atoms with Crippen molar-refractivity contribution in [2.75, 3.05) is 0 Å². The second-order valence-corrected chi connectivity index (χ2v) is 7.22. The maximum Gasteiger partial charge on any atom is 0.258 e. The molecule has 1 aliphatic carbocycles. The van der Waals surface area contributed by atoms with Crippen molar-refractivity contribution in [1.82, 2.24) is 9.97 Å². The smallest absolute Gasteiger partial charge is 0.258 e. The number of benzene rings is 2. The monoisotopic (exact) mass is 348 g/mol. The zero-order chi connectivity index (χ0) is 17.9. The Morgan fingerprint density at radius 3 is 2.69 bits per heavy atom. The van der Waals surface area contributed by atoms with Crippen molar-refractivity contribution in [2.45, 2.75) is 45.3 Å². The Balaban J connectivity index is 1.58. The van der Waals surface area contributed by atoms with Crippen molar-refractivity contribution in [1.29, 1.82) is 0 Å². The molecule has 1 aliphatic rings. The van der Waals surface area contributed by atoms with Crippen LogP contribution in [0.3, 0.4) is 0 Å². The SMILES string of the molecule is C[C@H]1CCCC[C@@H]1OCc1nc2ccc(-c3ccccc3)cc2c(=O)[nH]1. The molecule has 1 fully saturated rings. The first-order valence-corrected chi connectivity index (χ1v) is 9.41. The van der Waals surface area contributed by atoms with Gasteiger partial charge >= 0.3 is 0 Å². The molecule has 0 amide bonds. The number of nitrogens with one attached hydrogen (secondary N) is 1. The van der Waals surface area contributed by atoms with Crippen LogP contribution in [0.25, 0.3) is 22.0 Å². The number of rotatable bonds is 4. The van der Waals surface area contributed by atoms with Crippen LogP contribution in [0.15, 0.2) is 53.3 Å². The standard InChI is InChI=1S/C22H24N2O2/c1-15-7-5-6-10-20(15)26-14-21-23-19-12-11-17(13-18(19)22(25)24-21)16-8-3-2-4-9-16/h2-4,8-9,11-13,15,20H,5-7,10,14H2,1H3,(H,23,24,25)/t15-,20-/m0/s1. The van der Waals surface area contributed by atoms with E-state index in [9.17, 15) is 4.79 Å². The molecule has 0 unspecified atom stereocenters. The third-order valence-electron chi connectivity index (χ3n) is 5.33. The van der Waals surface area contributed by atoms with E-state index < -0.39 is 0 Å². The lowest BCUT2D eigenvalue weighted by Gasteiger charge is -2.28. The zero-order valence-corrected chi connectivity index (χ0v) is 15.1. The number of nitrogens with zero attached hydrogens (tertiary/aromatic N) is 1. The van der Waals surface area contributed by atoms with Crippen LogP contribution in [0, 0.1) is 5.92 Å². The molecule has 0 radical (unpaired) electrons. The highest BCUT2D eigenvalue weighted by Crippen LogP contribution is 2.27. The van der Waals surface area contributed by atoms with Crippen molar-refractivity contribution in [2.24, 2.45) is 5.92 Å². The van der Waals surface area contributed by atoms with Gasteiger partial charge in [0.1, 0.15) is 12.4 Å². The molecule has 1 aromatic heterocycles. The summed E-state index contributed by atoms with van der Waals surface area (Å²) in [6.45, 7) is 2.60. The first-order chi connectivity index (χ1) is 12.7. The van der Waals surface area contributed by atoms with E-state index in [-0.39, 0.29) is 11.7 Å². The van der Waals surface area contributed by atoms with E-state index in [1.54, 1.807) is 0 Å². The number of H-pyrrole nitrogens is 1. The van der Waals surface area contributed by atoms with Gasteiger partial charge in [0.2, 0.25) is 0 Å². The summed E-state index contributed by atoms with van der Waals surface area (Å²) in [5.74, 6) is 1.18. The van der Waals surface area contributed by atoms with Crippen LogP contribution in [0.4, 0.5) is 0 Å². The third kappa shape index (κ3) is 3.56. The fourth-order valence-corrected chi connectivity index (χ4v) is 3.78. The van der Waals surface area contributed by atoms with Gasteiger partial charge in [0.25, 0.3) is 5.56 Å². The Bertz CT molecular complexity index is 949. The largest absolute Gasteiger partial charge is 0.370 e. The highest BCUT2D eigenvalue weighted by Gasteiger charge is 2.22. The number of aromatic nitrogens is 2. The van der Waals surface area contributed by atoms with Crippen LogP contribution in [0.5, 0.6) is 0 Å². The quantitative estimate of drug-likeness (QED) is 0.744. The summed E-state index contributed by atoms with van der Waals surface area (Å²) in [6.07, 6.45) is 5.09. The van der Waals surface area contributed by atoms with Gasteiger partial charge in [-0.15, -0.1) is 0 Å². The van der Waals surface area contributed by atoms with Crippen molar-refractivity contribution < 1.29 is 4.74 Å². The van der Waals surface area contributed by atoms with Gasteiger partial charge < -0.3 is 9.72 Å². The summed E-state index contributed by atoms with van der Waals surface area (Å²) in [5, 5.41) is 0.612. The highest BCUT2D eigenvalue weighted by molar-refractivity contribution is 5.83. The lowest BCUT2D eigenvalue weighted by atomic mass is 9.88. The summed E-state index contributed by atoms with van der Waals surface area (Å²) in [6, 6.07) is 15.9. The lowest BCUT2D eigenvalue weighted by molar-refractivity contribution is -0.0181.